The van der Waals surface area contributed by atoms with E-state index in [4.69, 9.17) is 9.47 Å². The molecule has 12 nitrogen and oxygen atoms in total. The Morgan fingerprint density at radius 3 is 2.16 bits per heavy atom. The van der Waals surface area contributed by atoms with Crippen molar-refractivity contribution in [2.24, 2.45) is 0 Å². The summed E-state index contributed by atoms with van der Waals surface area (Å²) in [7, 11) is -5.43. The molecule has 1 aliphatic rings. The van der Waals surface area contributed by atoms with Gasteiger partial charge in [0, 0.05) is 5.56 Å². The van der Waals surface area contributed by atoms with Gasteiger partial charge < -0.3 is 34.3 Å². The van der Waals surface area contributed by atoms with Crippen LogP contribution in [0.4, 0.5) is 30.7 Å². The maximum Gasteiger partial charge on any atom is 0.455 e. The Kier molecular flexibility index (Phi) is 8.57. The second kappa shape index (κ2) is 11.3. The summed E-state index contributed by atoms with van der Waals surface area (Å²) < 4.78 is 115. The number of benzene rings is 2. The summed E-state index contributed by atoms with van der Waals surface area (Å²) >= 11 is 0. The zero-order valence-corrected chi connectivity index (χ0v) is 22.6. The SMILES string of the molecule is C[C@@H](O[C@H]1OCC[N+]([O-])(Cc2nc(=O)n(P(=O)(O)O)n2O)[C@H]1c1ccc(F)cc1)c1cc(C(F)(F)F)cc(C(F)(F)F)c1. The minimum atomic E-state index is -5.43. The third-order valence-electron chi connectivity index (χ3n) is 6.61. The number of halogens is 7. The van der Waals surface area contributed by atoms with Crippen molar-refractivity contribution in [2.75, 3.05) is 13.2 Å². The molecule has 0 aliphatic carbocycles. The van der Waals surface area contributed by atoms with E-state index in [9.17, 15) is 60.3 Å². The molecule has 1 saturated heterocycles. The number of morpholine rings is 1. The van der Waals surface area contributed by atoms with Gasteiger partial charge in [-0.2, -0.15) is 31.3 Å². The summed E-state index contributed by atoms with van der Waals surface area (Å²) in [6.45, 7) is -0.749. The number of alkyl halides is 6. The van der Waals surface area contributed by atoms with Gasteiger partial charge in [-0.25, -0.2) is 13.8 Å². The van der Waals surface area contributed by atoms with E-state index in [-0.39, 0.29) is 16.5 Å². The average molecular weight is 646 g/mol. The first-order valence-corrected chi connectivity index (χ1v) is 13.6. The highest BCUT2D eigenvalue weighted by molar-refractivity contribution is 7.49. The predicted molar refractivity (Wildman–Crippen MR) is 128 cm³/mol. The molecule has 0 amide bonds. The highest BCUT2D eigenvalue weighted by atomic mass is 31.2. The highest BCUT2D eigenvalue weighted by Gasteiger charge is 2.45. The molecule has 1 aliphatic heterocycles. The summed E-state index contributed by atoms with van der Waals surface area (Å²) in [4.78, 5) is 33.7. The smallest absolute Gasteiger partial charge is 0.455 e. The summed E-state index contributed by atoms with van der Waals surface area (Å²) in [6, 6.07) is 3.38. The lowest BCUT2D eigenvalue weighted by atomic mass is 10.00. The Labute approximate surface area is 236 Å². The lowest BCUT2D eigenvalue weighted by molar-refractivity contribution is -0.941. The fourth-order valence-electron chi connectivity index (χ4n) is 4.60. The quantitative estimate of drug-likeness (QED) is 0.113. The molecule has 0 spiro atoms. The molecular weight excluding hydrogens is 624 g/mol. The first-order valence-electron chi connectivity index (χ1n) is 12.1. The zero-order chi connectivity index (χ0) is 32.1. The molecule has 43 heavy (non-hydrogen) atoms. The van der Waals surface area contributed by atoms with Gasteiger partial charge in [-0.15, -0.1) is 0 Å². The van der Waals surface area contributed by atoms with E-state index in [0.29, 0.717) is 12.1 Å². The molecule has 0 radical (unpaired) electrons. The first-order chi connectivity index (χ1) is 19.7. The van der Waals surface area contributed by atoms with Gasteiger partial charge in [0.1, 0.15) is 18.9 Å². The van der Waals surface area contributed by atoms with E-state index < -0.39 is 101 Å². The molecule has 4 atom stereocenters. The van der Waals surface area contributed by atoms with Crippen LogP contribution in [0.25, 0.3) is 0 Å². The van der Waals surface area contributed by atoms with E-state index in [0.717, 1.165) is 31.2 Å². The molecule has 20 heteroatoms. The van der Waals surface area contributed by atoms with Crippen molar-refractivity contribution in [2.45, 2.75) is 44.3 Å². The fourth-order valence-corrected chi connectivity index (χ4v) is 5.19. The minimum Gasteiger partial charge on any atom is -0.632 e. The number of rotatable bonds is 7. The molecule has 2 aromatic carbocycles. The van der Waals surface area contributed by atoms with Crippen LogP contribution in [0.15, 0.2) is 47.3 Å². The van der Waals surface area contributed by atoms with E-state index in [1.807, 2.05) is 0 Å². The number of hydroxylamine groups is 3. The van der Waals surface area contributed by atoms with Crippen LogP contribution in [0.5, 0.6) is 0 Å². The van der Waals surface area contributed by atoms with Gasteiger partial charge in [-0.3, -0.25) is 0 Å². The van der Waals surface area contributed by atoms with Crippen molar-refractivity contribution in [1.82, 2.24) is 14.3 Å². The number of aromatic nitrogens is 3. The van der Waals surface area contributed by atoms with Crippen molar-refractivity contribution < 1.29 is 64.4 Å². The number of quaternary nitrogens is 1. The largest absolute Gasteiger partial charge is 0.632 e. The maximum absolute atomic E-state index is 14.2. The van der Waals surface area contributed by atoms with Crippen molar-refractivity contribution in [3.63, 3.8) is 0 Å². The number of hydrogen-bond donors (Lipinski definition) is 3. The third kappa shape index (κ3) is 6.93. The normalized spacial score (nSPS) is 22.5. The second-order valence-corrected chi connectivity index (χ2v) is 11.0. The first kappa shape index (κ1) is 32.6. The van der Waals surface area contributed by atoms with Gasteiger partial charge in [0.15, 0.2) is 6.04 Å². The van der Waals surface area contributed by atoms with Crippen molar-refractivity contribution >= 4 is 7.75 Å². The Morgan fingerprint density at radius 2 is 1.67 bits per heavy atom. The van der Waals surface area contributed by atoms with E-state index in [1.165, 1.54) is 0 Å². The van der Waals surface area contributed by atoms with Crippen LogP contribution in [0, 0.1) is 11.0 Å². The zero-order valence-electron chi connectivity index (χ0n) is 21.7. The van der Waals surface area contributed by atoms with E-state index in [1.54, 1.807) is 0 Å². The lowest BCUT2D eigenvalue weighted by Crippen LogP contribution is -2.56. The van der Waals surface area contributed by atoms with Crippen LogP contribution in [0.2, 0.25) is 0 Å². The Balaban J connectivity index is 1.75. The summed E-state index contributed by atoms with van der Waals surface area (Å²) in [5.41, 5.74) is -5.38. The molecule has 3 N–H and O–H groups in total. The summed E-state index contributed by atoms with van der Waals surface area (Å²) in [5.74, 6) is -1.54. The number of ether oxygens (including phenoxy) is 2. The van der Waals surface area contributed by atoms with Gasteiger partial charge in [-0.1, -0.05) is 9.30 Å². The molecule has 0 bridgehead atoms. The minimum absolute atomic E-state index is 0.00887. The molecule has 0 saturated carbocycles. The second-order valence-electron chi connectivity index (χ2n) is 9.59. The number of nitrogens with zero attached hydrogens (tertiary/aromatic N) is 4. The Morgan fingerprint density at radius 1 is 1.12 bits per heavy atom. The van der Waals surface area contributed by atoms with Crippen LogP contribution in [0.3, 0.4) is 0 Å². The fraction of sp³-hybridized carbons (Fsp3) is 0.391. The van der Waals surface area contributed by atoms with Crippen LogP contribution < -0.4 is 5.69 Å². The molecule has 1 aromatic heterocycles. The van der Waals surface area contributed by atoms with Crippen LogP contribution >= 0.6 is 7.75 Å². The number of hydrogen-bond acceptors (Lipinski definition) is 7. The topological polar surface area (TPSA) is 159 Å². The molecule has 3 aromatic rings. The van der Waals surface area contributed by atoms with Gasteiger partial charge in [-0.05, 0) is 55.0 Å². The van der Waals surface area contributed by atoms with Crippen molar-refractivity contribution in [3.8, 4) is 0 Å². The third-order valence-corrected chi connectivity index (χ3v) is 7.44. The maximum atomic E-state index is 14.2. The lowest BCUT2D eigenvalue weighted by Gasteiger charge is -2.53. The molecule has 4 rings (SSSR count). The van der Waals surface area contributed by atoms with Gasteiger partial charge in [0.25, 0.3) is 0 Å². The molecule has 1 fully saturated rings. The van der Waals surface area contributed by atoms with Crippen molar-refractivity contribution in [3.05, 3.63) is 92.1 Å². The average Bonchev–Trinajstić information content (AvgIpc) is 3.15. The van der Waals surface area contributed by atoms with Crippen LogP contribution in [-0.2, 0) is 32.9 Å². The standard InChI is InChI=1S/C23H22F7N4O8P/c1-12(14-8-15(22(25,26)27)10-16(9-14)23(28,29)30)42-20-19(13-2-4-17(24)5-3-13)34(37,6-7-41-20)11-18-31-21(35)33(32(18)36)43(38,39)40/h2-5,8-10,12,19-20,36H,6-7,11H2,1H3,(H2,38,39,40)/t12-,19+,20-,34?/m1/s1. The Bertz CT molecular complexity index is 1560. The van der Waals surface area contributed by atoms with E-state index >= 15 is 0 Å². The van der Waals surface area contributed by atoms with Gasteiger partial charge in [0.2, 0.25) is 12.1 Å². The van der Waals surface area contributed by atoms with Crippen molar-refractivity contribution in [1.29, 1.82) is 0 Å². The molecule has 2 heterocycles. The summed E-state index contributed by atoms with van der Waals surface area (Å²) in [5, 5.41) is 24.5. The molecule has 236 valence electrons. The summed E-state index contributed by atoms with van der Waals surface area (Å²) in [6.07, 6.45) is -13.6. The van der Waals surface area contributed by atoms with Crippen LogP contribution in [-0.4, -0.2) is 53.4 Å². The van der Waals surface area contributed by atoms with Crippen LogP contribution in [0.1, 0.15) is 47.1 Å². The van der Waals surface area contributed by atoms with E-state index in [2.05, 4.69) is 4.98 Å². The molecular formula is C23H22F7N4O8P. The molecule has 1 unspecified atom stereocenters. The van der Waals surface area contributed by atoms with Gasteiger partial charge in [0.05, 0.1) is 23.8 Å². The highest BCUT2D eigenvalue weighted by Crippen LogP contribution is 2.42. The monoisotopic (exact) mass is 646 g/mol. The predicted octanol–water partition coefficient (Wildman–Crippen LogP) is 4.09. The van der Waals surface area contributed by atoms with Gasteiger partial charge >= 0.3 is 25.8 Å². The Hall–Kier alpha value is -3.32.